The van der Waals surface area contributed by atoms with Crippen LogP contribution < -0.4 is 4.72 Å². The lowest BCUT2D eigenvalue weighted by molar-refractivity contribution is -0.139. The van der Waals surface area contributed by atoms with E-state index in [0.29, 0.717) is 10.9 Å². The van der Waals surface area contributed by atoms with Gasteiger partial charge in [-0.3, -0.25) is 4.79 Å². The van der Waals surface area contributed by atoms with Crippen LogP contribution in [0.4, 0.5) is 0 Å². The molecule has 0 saturated carbocycles. The van der Waals surface area contributed by atoms with Crippen molar-refractivity contribution < 1.29 is 18.3 Å². The molecule has 0 aliphatic carbocycles. The van der Waals surface area contributed by atoms with Gasteiger partial charge in [0.25, 0.3) is 0 Å². The summed E-state index contributed by atoms with van der Waals surface area (Å²) in [5, 5.41) is 11.2. The van der Waals surface area contributed by atoms with E-state index in [4.69, 9.17) is 0 Å². The molecule has 3 aromatic rings. The van der Waals surface area contributed by atoms with E-state index in [0.717, 1.165) is 10.9 Å². The third-order valence-electron chi connectivity index (χ3n) is 3.99. The van der Waals surface area contributed by atoms with Crippen LogP contribution in [0.25, 0.3) is 10.8 Å². The molecule has 2 N–H and O–H groups in total. The van der Waals surface area contributed by atoms with Gasteiger partial charge in [0.2, 0.25) is 10.0 Å². The van der Waals surface area contributed by atoms with Crippen LogP contribution in [0.5, 0.6) is 0 Å². The average Bonchev–Trinajstić information content (AvgIpc) is 2.59. The fourth-order valence-electron chi connectivity index (χ4n) is 2.69. The van der Waals surface area contributed by atoms with E-state index < -0.39 is 22.0 Å². The van der Waals surface area contributed by atoms with Crippen LogP contribution in [0, 0.1) is 6.92 Å². The minimum Gasteiger partial charge on any atom is -0.480 e. The lowest BCUT2D eigenvalue weighted by atomic mass is 9.99. The molecule has 0 fully saturated rings. The number of hydrogen-bond donors (Lipinski definition) is 2. The van der Waals surface area contributed by atoms with Crippen molar-refractivity contribution in [2.24, 2.45) is 0 Å². The molecular formula is C19H17NO4S. The molecule has 5 nitrogen and oxygen atoms in total. The molecule has 0 heterocycles. The van der Waals surface area contributed by atoms with Crippen molar-refractivity contribution >= 4 is 26.8 Å². The monoisotopic (exact) mass is 355 g/mol. The number of carboxylic acids is 1. The van der Waals surface area contributed by atoms with Gasteiger partial charge in [-0.25, -0.2) is 8.42 Å². The Hall–Kier alpha value is -2.70. The number of aryl methyl sites for hydroxylation is 1. The van der Waals surface area contributed by atoms with Crippen LogP contribution in [-0.2, 0) is 14.8 Å². The van der Waals surface area contributed by atoms with Crippen molar-refractivity contribution in [2.45, 2.75) is 17.9 Å². The highest BCUT2D eigenvalue weighted by atomic mass is 32.2. The molecule has 0 spiro atoms. The predicted octanol–water partition coefficient (Wildman–Crippen LogP) is 3.25. The minimum atomic E-state index is -3.97. The fraction of sp³-hybridized carbons (Fsp3) is 0.105. The highest BCUT2D eigenvalue weighted by molar-refractivity contribution is 7.89. The Balaban J connectivity index is 2.05. The van der Waals surface area contributed by atoms with Gasteiger partial charge in [-0.2, -0.15) is 4.72 Å². The van der Waals surface area contributed by atoms with Crippen molar-refractivity contribution in [3.63, 3.8) is 0 Å². The normalized spacial score (nSPS) is 12.8. The van der Waals surface area contributed by atoms with Crippen LogP contribution in [0.3, 0.4) is 0 Å². The first-order valence-corrected chi connectivity index (χ1v) is 9.16. The Labute approximate surface area is 146 Å². The van der Waals surface area contributed by atoms with Crippen LogP contribution >= 0.6 is 0 Å². The second kappa shape index (κ2) is 6.66. The number of hydrogen-bond acceptors (Lipinski definition) is 3. The minimum absolute atomic E-state index is 0.0320. The summed E-state index contributed by atoms with van der Waals surface area (Å²) in [6.07, 6.45) is 0. The molecule has 0 amide bonds. The van der Waals surface area contributed by atoms with Gasteiger partial charge in [-0.15, -0.1) is 0 Å². The summed E-state index contributed by atoms with van der Waals surface area (Å²) in [4.78, 5) is 11.8. The van der Waals surface area contributed by atoms with Crippen LogP contribution in [0.1, 0.15) is 17.2 Å². The zero-order valence-corrected chi connectivity index (χ0v) is 14.3. The summed E-state index contributed by atoms with van der Waals surface area (Å²) in [6, 6.07) is 17.3. The molecule has 1 atom stereocenters. The van der Waals surface area contributed by atoms with Crippen molar-refractivity contribution in [2.75, 3.05) is 0 Å². The second-order valence-corrected chi connectivity index (χ2v) is 7.49. The first-order chi connectivity index (χ1) is 11.9. The molecule has 0 aliphatic rings. The third kappa shape index (κ3) is 3.55. The topological polar surface area (TPSA) is 83.5 Å². The first kappa shape index (κ1) is 17.1. The van der Waals surface area contributed by atoms with Gasteiger partial charge >= 0.3 is 5.97 Å². The van der Waals surface area contributed by atoms with E-state index in [9.17, 15) is 18.3 Å². The number of benzene rings is 3. The summed E-state index contributed by atoms with van der Waals surface area (Å²) in [5.41, 5.74) is 1.32. The Morgan fingerprint density at radius 2 is 1.60 bits per heavy atom. The standard InChI is InChI=1S/C19H17NO4S/c1-13-9-11-15(12-10-13)25(23,24)20-18(19(21)22)17-8-4-6-14-5-2-3-7-16(14)17/h2-12,18,20H,1H3,(H,21,22)/t18-/m0/s1. The summed E-state index contributed by atoms with van der Waals surface area (Å²) < 4.78 is 27.5. The van der Waals surface area contributed by atoms with Gasteiger partial charge in [0.1, 0.15) is 6.04 Å². The second-order valence-electron chi connectivity index (χ2n) is 5.77. The van der Waals surface area contributed by atoms with E-state index >= 15 is 0 Å². The maximum atomic E-state index is 12.6. The highest BCUT2D eigenvalue weighted by Crippen LogP contribution is 2.26. The Morgan fingerprint density at radius 1 is 0.960 bits per heavy atom. The summed E-state index contributed by atoms with van der Waals surface area (Å²) in [5.74, 6) is -1.26. The van der Waals surface area contributed by atoms with Gasteiger partial charge in [0.05, 0.1) is 4.90 Å². The molecular weight excluding hydrogens is 338 g/mol. The molecule has 3 rings (SSSR count). The van der Waals surface area contributed by atoms with Gasteiger partial charge in [-0.05, 0) is 35.4 Å². The predicted molar refractivity (Wildman–Crippen MR) is 95.8 cm³/mol. The van der Waals surface area contributed by atoms with Gasteiger partial charge in [-0.1, -0.05) is 60.2 Å². The van der Waals surface area contributed by atoms with E-state index in [-0.39, 0.29) is 4.90 Å². The SMILES string of the molecule is Cc1ccc(S(=O)(=O)N[C@H](C(=O)O)c2cccc3ccccc23)cc1. The molecule has 25 heavy (non-hydrogen) atoms. The van der Waals surface area contributed by atoms with Crippen molar-refractivity contribution in [3.05, 3.63) is 77.9 Å². The molecule has 0 bridgehead atoms. The molecule has 0 unspecified atom stereocenters. The maximum absolute atomic E-state index is 12.6. The number of sulfonamides is 1. The number of rotatable bonds is 5. The number of carboxylic acid groups (broad SMARTS) is 1. The Morgan fingerprint density at radius 3 is 2.28 bits per heavy atom. The summed E-state index contributed by atoms with van der Waals surface area (Å²) in [7, 11) is -3.97. The highest BCUT2D eigenvalue weighted by Gasteiger charge is 2.28. The van der Waals surface area contributed by atoms with Crippen LogP contribution in [0.2, 0.25) is 0 Å². The van der Waals surface area contributed by atoms with Crippen molar-refractivity contribution in [1.29, 1.82) is 0 Å². The number of aliphatic carboxylic acids is 1. The molecule has 0 aromatic heterocycles. The lowest BCUT2D eigenvalue weighted by Crippen LogP contribution is -2.33. The Bertz CT molecular complexity index is 1020. The Kier molecular flexibility index (Phi) is 4.57. The number of nitrogens with one attached hydrogen (secondary N) is 1. The fourth-order valence-corrected chi connectivity index (χ4v) is 3.86. The maximum Gasteiger partial charge on any atom is 0.326 e. The number of carbonyl (C=O) groups is 1. The molecule has 0 aliphatic heterocycles. The zero-order valence-electron chi connectivity index (χ0n) is 13.5. The zero-order chi connectivity index (χ0) is 18.0. The average molecular weight is 355 g/mol. The third-order valence-corrected chi connectivity index (χ3v) is 5.42. The van der Waals surface area contributed by atoms with E-state index in [1.807, 2.05) is 25.1 Å². The van der Waals surface area contributed by atoms with Crippen molar-refractivity contribution in [1.82, 2.24) is 4.72 Å². The summed E-state index contributed by atoms with van der Waals surface area (Å²) in [6.45, 7) is 1.85. The van der Waals surface area contributed by atoms with E-state index in [1.54, 1.807) is 36.4 Å². The van der Waals surface area contributed by atoms with Crippen LogP contribution in [0.15, 0.2) is 71.6 Å². The summed E-state index contributed by atoms with van der Waals surface area (Å²) >= 11 is 0. The number of fused-ring (bicyclic) bond motifs is 1. The van der Waals surface area contributed by atoms with E-state index in [1.165, 1.54) is 12.1 Å². The van der Waals surface area contributed by atoms with Gasteiger partial charge in [0.15, 0.2) is 0 Å². The molecule has 0 saturated heterocycles. The molecule has 0 radical (unpaired) electrons. The van der Waals surface area contributed by atoms with Gasteiger partial charge in [0, 0.05) is 0 Å². The lowest BCUT2D eigenvalue weighted by Gasteiger charge is -2.17. The quantitative estimate of drug-likeness (QED) is 0.736. The molecule has 3 aromatic carbocycles. The van der Waals surface area contributed by atoms with Crippen LogP contribution in [-0.4, -0.2) is 19.5 Å². The molecule has 6 heteroatoms. The van der Waals surface area contributed by atoms with E-state index in [2.05, 4.69) is 4.72 Å². The molecule has 128 valence electrons. The smallest absolute Gasteiger partial charge is 0.326 e. The van der Waals surface area contributed by atoms with Gasteiger partial charge < -0.3 is 5.11 Å². The van der Waals surface area contributed by atoms with Crippen molar-refractivity contribution in [3.8, 4) is 0 Å². The first-order valence-electron chi connectivity index (χ1n) is 7.68. The largest absolute Gasteiger partial charge is 0.480 e.